The van der Waals surface area contributed by atoms with Gasteiger partial charge >= 0.3 is 6.55 Å². The summed E-state index contributed by atoms with van der Waals surface area (Å²) in [5.41, 5.74) is 0.0668. The summed E-state index contributed by atoms with van der Waals surface area (Å²) >= 11 is 0. The molecule has 0 unspecified atom stereocenters. The molecule has 0 spiro atoms. The molecule has 1 aromatic heterocycles. The van der Waals surface area contributed by atoms with Crippen molar-refractivity contribution < 1.29 is 8.78 Å². The summed E-state index contributed by atoms with van der Waals surface area (Å²) in [6.45, 7) is -0.903. The Bertz CT molecular complexity index is 319. The molecule has 1 aromatic rings. The third kappa shape index (κ3) is 1.69. The summed E-state index contributed by atoms with van der Waals surface area (Å²) in [7, 11) is 0. The van der Waals surface area contributed by atoms with Gasteiger partial charge in [0.05, 0.1) is 0 Å². The first kappa shape index (κ1) is 8.90. The number of halogens is 2. The van der Waals surface area contributed by atoms with Crippen molar-refractivity contribution in [2.45, 2.75) is 19.9 Å². The van der Waals surface area contributed by atoms with Gasteiger partial charge < -0.3 is 0 Å². The Hall–Kier alpha value is -1.19. The molecule has 0 bridgehead atoms. The Balaban J connectivity index is 3.17. The molecule has 0 saturated heterocycles. The highest BCUT2D eigenvalue weighted by Gasteiger charge is 2.06. The Kier molecular flexibility index (Phi) is 2.58. The average Bonchev–Trinajstić information content (AvgIpc) is 2.05. The van der Waals surface area contributed by atoms with Crippen molar-refractivity contribution in [1.29, 1.82) is 0 Å². The van der Waals surface area contributed by atoms with Crippen molar-refractivity contribution in [1.82, 2.24) is 4.57 Å². The standard InChI is InChI=1S/C8H9F2NO/c1-2-6-3-4-7(12)11(5-6)8(9)10/h3-5,8H,2H2,1H3. The number of hydrogen-bond donors (Lipinski definition) is 0. The van der Waals surface area contributed by atoms with Gasteiger partial charge in [-0.2, -0.15) is 8.78 Å². The largest absolute Gasteiger partial charge is 0.321 e. The van der Waals surface area contributed by atoms with Gasteiger partial charge in [0.2, 0.25) is 0 Å². The van der Waals surface area contributed by atoms with Gasteiger partial charge in [0.1, 0.15) is 0 Å². The Morgan fingerprint density at radius 2 is 2.17 bits per heavy atom. The lowest BCUT2D eigenvalue weighted by atomic mass is 10.2. The number of alkyl halides is 2. The molecule has 66 valence electrons. The van der Waals surface area contributed by atoms with E-state index in [1.165, 1.54) is 6.20 Å². The lowest BCUT2D eigenvalue weighted by Gasteiger charge is -2.04. The maximum absolute atomic E-state index is 12.1. The van der Waals surface area contributed by atoms with Gasteiger partial charge in [0, 0.05) is 12.3 Å². The molecule has 2 nitrogen and oxygen atoms in total. The van der Waals surface area contributed by atoms with Gasteiger partial charge in [0.15, 0.2) is 0 Å². The van der Waals surface area contributed by atoms with E-state index in [0.717, 1.165) is 11.6 Å². The van der Waals surface area contributed by atoms with Crippen molar-refractivity contribution in [2.75, 3.05) is 0 Å². The van der Waals surface area contributed by atoms with Crippen LogP contribution in [0.15, 0.2) is 23.1 Å². The Morgan fingerprint density at radius 1 is 1.50 bits per heavy atom. The number of aromatic nitrogens is 1. The summed E-state index contributed by atoms with van der Waals surface area (Å²) < 4.78 is 24.6. The third-order valence-corrected chi connectivity index (χ3v) is 1.62. The fourth-order valence-corrected chi connectivity index (χ4v) is 0.911. The molecule has 12 heavy (non-hydrogen) atoms. The van der Waals surface area contributed by atoms with Gasteiger partial charge in [-0.05, 0) is 12.0 Å². The van der Waals surface area contributed by atoms with E-state index in [0.29, 0.717) is 11.0 Å². The zero-order valence-electron chi connectivity index (χ0n) is 6.63. The summed E-state index contributed by atoms with van der Waals surface area (Å²) in [5, 5.41) is 0. The van der Waals surface area contributed by atoms with E-state index < -0.39 is 12.1 Å². The fraction of sp³-hybridized carbons (Fsp3) is 0.375. The van der Waals surface area contributed by atoms with E-state index in [2.05, 4.69) is 0 Å². The first-order chi connectivity index (χ1) is 5.65. The SMILES string of the molecule is CCc1ccc(=O)n(C(F)F)c1. The van der Waals surface area contributed by atoms with E-state index in [-0.39, 0.29) is 0 Å². The Morgan fingerprint density at radius 3 is 2.67 bits per heavy atom. The molecular formula is C8H9F2NO. The maximum Gasteiger partial charge on any atom is 0.321 e. The molecule has 0 saturated carbocycles. The number of aryl methyl sites for hydroxylation is 1. The molecule has 0 atom stereocenters. The average molecular weight is 173 g/mol. The first-order valence-electron chi connectivity index (χ1n) is 3.64. The van der Waals surface area contributed by atoms with E-state index in [1.54, 1.807) is 6.07 Å². The highest BCUT2D eigenvalue weighted by Crippen LogP contribution is 2.07. The van der Waals surface area contributed by atoms with Gasteiger partial charge in [-0.3, -0.25) is 9.36 Å². The molecule has 1 rings (SSSR count). The van der Waals surface area contributed by atoms with Gasteiger partial charge in [-0.15, -0.1) is 0 Å². The van der Waals surface area contributed by atoms with Crippen molar-refractivity contribution in [3.05, 3.63) is 34.2 Å². The zero-order chi connectivity index (χ0) is 9.14. The first-order valence-corrected chi connectivity index (χ1v) is 3.64. The van der Waals surface area contributed by atoms with Gasteiger partial charge in [-0.1, -0.05) is 13.0 Å². The second-order valence-electron chi connectivity index (χ2n) is 2.41. The highest BCUT2D eigenvalue weighted by atomic mass is 19.3. The van der Waals surface area contributed by atoms with Crippen molar-refractivity contribution in [3.63, 3.8) is 0 Å². The normalized spacial score (nSPS) is 10.7. The summed E-state index contributed by atoms with van der Waals surface area (Å²) in [4.78, 5) is 10.8. The Labute approximate surface area is 68.4 Å². The highest BCUT2D eigenvalue weighted by molar-refractivity contribution is 5.09. The molecule has 0 aliphatic rings. The molecule has 0 aromatic carbocycles. The van der Waals surface area contributed by atoms with E-state index in [4.69, 9.17) is 0 Å². The predicted molar refractivity (Wildman–Crippen MR) is 41.3 cm³/mol. The van der Waals surface area contributed by atoms with Crippen LogP contribution in [0.2, 0.25) is 0 Å². The third-order valence-electron chi connectivity index (χ3n) is 1.62. The van der Waals surface area contributed by atoms with E-state index in [1.807, 2.05) is 6.92 Å². The second-order valence-corrected chi connectivity index (χ2v) is 2.41. The van der Waals surface area contributed by atoms with Crippen LogP contribution in [0.3, 0.4) is 0 Å². The van der Waals surface area contributed by atoms with Gasteiger partial charge in [0.25, 0.3) is 5.56 Å². The molecule has 0 fully saturated rings. The molecule has 0 amide bonds. The minimum Gasteiger partial charge on any atom is -0.269 e. The van der Waals surface area contributed by atoms with Crippen molar-refractivity contribution in [3.8, 4) is 0 Å². The molecule has 0 N–H and O–H groups in total. The lowest BCUT2D eigenvalue weighted by Crippen LogP contribution is -2.19. The minimum atomic E-state index is -2.75. The number of rotatable bonds is 2. The molecule has 0 aliphatic carbocycles. The predicted octanol–water partition coefficient (Wildman–Crippen LogP) is 1.81. The molecule has 0 radical (unpaired) electrons. The van der Waals surface area contributed by atoms with Crippen LogP contribution in [0.4, 0.5) is 8.78 Å². The van der Waals surface area contributed by atoms with Crippen LogP contribution in [-0.4, -0.2) is 4.57 Å². The molecule has 0 aliphatic heterocycles. The number of nitrogens with zero attached hydrogens (tertiary/aromatic N) is 1. The van der Waals surface area contributed by atoms with Crippen LogP contribution in [-0.2, 0) is 6.42 Å². The molecule has 1 heterocycles. The fourth-order valence-electron chi connectivity index (χ4n) is 0.911. The summed E-state index contributed by atoms with van der Waals surface area (Å²) in [6, 6.07) is 2.71. The number of hydrogen-bond acceptors (Lipinski definition) is 1. The van der Waals surface area contributed by atoms with Crippen molar-refractivity contribution >= 4 is 0 Å². The quantitative estimate of drug-likeness (QED) is 0.668. The van der Waals surface area contributed by atoms with Crippen molar-refractivity contribution in [2.24, 2.45) is 0 Å². The second kappa shape index (κ2) is 3.47. The van der Waals surface area contributed by atoms with Crippen LogP contribution >= 0.6 is 0 Å². The van der Waals surface area contributed by atoms with Crippen LogP contribution in [0.1, 0.15) is 19.0 Å². The zero-order valence-corrected chi connectivity index (χ0v) is 6.63. The topological polar surface area (TPSA) is 22.0 Å². The van der Waals surface area contributed by atoms with Crippen LogP contribution in [0.25, 0.3) is 0 Å². The minimum absolute atomic E-state index is 0.429. The van der Waals surface area contributed by atoms with Crippen LogP contribution in [0, 0.1) is 0 Å². The summed E-state index contributed by atoms with van der Waals surface area (Å²) in [5.74, 6) is 0. The van der Waals surface area contributed by atoms with E-state index >= 15 is 0 Å². The molecular weight excluding hydrogens is 164 g/mol. The van der Waals surface area contributed by atoms with Crippen LogP contribution in [0.5, 0.6) is 0 Å². The van der Waals surface area contributed by atoms with Crippen LogP contribution < -0.4 is 5.56 Å². The maximum atomic E-state index is 12.1. The van der Waals surface area contributed by atoms with E-state index in [9.17, 15) is 13.6 Å². The smallest absolute Gasteiger partial charge is 0.269 e. The summed E-state index contributed by atoms with van der Waals surface area (Å²) in [6.07, 6.45) is 1.83. The monoisotopic (exact) mass is 173 g/mol. The number of pyridine rings is 1. The van der Waals surface area contributed by atoms with Gasteiger partial charge in [-0.25, -0.2) is 0 Å². The lowest BCUT2D eigenvalue weighted by molar-refractivity contribution is 0.0661. The molecule has 4 heteroatoms.